The van der Waals surface area contributed by atoms with E-state index in [2.05, 4.69) is 36.4 Å². The first-order valence-corrected chi connectivity index (χ1v) is 10.1. The lowest BCUT2D eigenvalue weighted by Gasteiger charge is -2.21. The van der Waals surface area contributed by atoms with Crippen LogP contribution in [0.1, 0.15) is 28.2 Å². The Morgan fingerprint density at radius 3 is 2.21 bits per heavy atom. The molecule has 5 rings (SSSR count). The Bertz CT molecular complexity index is 1030. The molecule has 0 radical (unpaired) electrons. The van der Waals surface area contributed by atoms with Gasteiger partial charge in [-0.3, -0.25) is 0 Å². The molecule has 0 spiro atoms. The number of ether oxygens (including phenoxy) is 1. The first kappa shape index (κ1) is 17.8. The van der Waals surface area contributed by atoms with E-state index in [9.17, 15) is 9.90 Å². The summed E-state index contributed by atoms with van der Waals surface area (Å²) in [4.78, 5) is 14.6. The summed E-state index contributed by atoms with van der Waals surface area (Å²) in [7, 11) is 0. The van der Waals surface area contributed by atoms with E-state index in [1.54, 1.807) is 17.0 Å². The van der Waals surface area contributed by atoms with Gasteiger partial charge in [-0.1, -0.05) is 54.6 Å². The summed E-state index contributed by atoms with van der Waals surface area (Å²) in [5.74, 6) is 0.353. The lowest BCUT2D eigenvalue weighted by atomic mass is 9.98. The van der Waals surface area contributed by atoms with Gasteiger partial charge in [0.1, 0.15) is 12.4 Å². The van der Waals surface area contributed by atoms with Crippen LogP contribution in [0.4, 0.5) is 4.79 Å². The van der Waals surface area contributed by atoms with Crippen molar-refractivity contribution in [3.63, 3.8) is 0 Å². The summed E-state index contributed by atoms with van der Waals surface area (Å²) in [5.41, 5.74) is 7.21. The minimum Gasteiger partial charge on any atom is -0.508 e. The maximum atomic E-state index is 12.8. The first-order chi connectivity index (χ1) is 14.2. The van der Waals surface area contributed by atoms with Gasteiger partial charge in [-0.15, -0.1) is 0 Å². The average molecular weight is 385 g/mol. The van der Waals surface area contributed by atoms with E-state index in [4.69, 9.17) is 4.74 Å². The van der Waals surface area contributed by atoms with Crippen LogP contribution >= 0.6 is 0 Å². The lowest BCUT2D eigenvalue weighted by Crippen LogP contribution is -2.34. The number of phenols is 1. The van der Waals surface area contributed by atoms with Gasteiger partial charge < -0.3 is 14.7 Å². The topological polar surface area (TPSA) is 49.8 Å². The molecule has 1 amide bonds. The van der Waals surface area contributed by atoms with E-state index in [0.29, 0.717) is 19.7 Å². The number of rotatable bonds is 2. The Balaban J connectivity index is 1.29. The highest BCUT2D eigenvalue weighted by Gasteiger charge is 2.30. The lowest BCUT2D eigenvalue weighted by molar-refractivity contribution is 0.101. The highest BCUT2D eigenvalue weighted by atomic mass is 16.6. The van der Waals surface area contributed by atoms with E-state index < -0.39 is 0 Å². The third-order valence-electron chi connectivity index (χ3n) is 6.09. The first-order valence-electron chi connectivity index (χ1n) is 10.1. The molecule has 1 aliphatic carbocycles. The SMILES string of the molecule is O=C(OCC1c2ccccc2-c2ccccc21)N1CCc2ccc(O)cc2CC1. The van der Waals surface area contributed by atoms with Crippen LogP contribution in [0.3, 0.4) is 0 Å². The van der Waals surface area contributed by atoms with Gasteiger partial charge >= 0.3 is 6.09 Å². The van der Waals surface area contributed by atoms with E-state index in [1.165, 1.54) is 27.8 Å². The van der Waals surface area contributed by atoms with Crippen LogP contribution in [0.25, 0.3) is 11.1 Å². The van der Waals surface area contributed by atoms with Crippen LogP contribution in [0, 0.1) is 0 Å². The van der Waals surface area contributed by atoms with Gasteiger partial charge in [0.15, 0.2) is 0 Å². The smallest absolute Gasteiger partial charge is 0.409 e. The van der Waals surface area contributed by atoms with Gasteiger partial charge in [0, 0.05) is 19.0 Å². The molecule has 3 aromatic rings. The van der Waals surface area contributed by atoms with Gasteiger partial charge in [0.25, 0.3) is 0 Å². The van der Waals surface area contributed by atoms with Crippen LogP contribution < -0.4 is 0 Å². The second-order valence-corrected chi connectivity index (χ2v) is 7.74. The molecule has 1 aliphatic heterocycles. The van der Waals surface area contributed by atoms with Crippen LogP contribution in [-0.2, 0) is 17.6 Å². The van der Waals surface area contributed by atoms with E-state index in [1.807, 2.05) is 18.2 Å². The highest BCUT2D eigenvalue weighted by molar-refractivity contribution is 5.79. The number of aromatic hydroxyl groups is 1. The molecule has 0 bridgehead atoms. The third kappa shape index (κ3) is 3.25. The van der Waals surface area contributed by atoms with E-state index >= 15 is 0 Å². The minimum absolute atomic E-state index is 0.0764. The molecule has 0 saturated heterocycles. The van der Waals surface area contributed by atoms with Gasteiger partial charge in [0.05, 0.1) is 0 Å². The summed E-state index contributed by atoms with van der Waals surface area (Å²) < 4.78 is 5.79. The van der Waals surface area contributed by atoms with Gasteiger partial charge in [-0.25, -0.2) is 4.79 Å². The molecule has 0 unspecified atom stereocenters. The maximum absolute atomic E-state index is 12.8. The molecule has 0 atom stereocenters. The van der Waals surface area contributed by atoms with Crippen molar-refractivity contribution >= 4 is 6.09 Å². The average Bonchev–Trinajstić information content (AvgIpc) is 2.91. The van der Waals surface area contributed by atoms with E-state index in [0.717, 1.165) is 18.4 Å². The highest BCUT2D eigenvalue weighted by Crippen LogP contribution is 2.44. The number of nitrogens with zero attached hydrogens (tertiary/aromatic N) is 1. The zero-order valence-corrected chi connectivity index (χ0v) is 16.2. The molecule has 1 heterocycles. The van der Waals surface area contributed by atoms with Crippen LogP contribution in [-0.4, -0.2) is 35.8 Å². The molecule has 3 aromatic carbocycles. The van der Waals surface area contributed by atoms with Crippen molar-refractivity contribution in [1.29, 1.82) is 0 Å². The largest absolute Gasteiger partial charge is 0.508 e. The van der Waals surface area contributed by atoms with Crippen LogP contribution in [0.5, 0.6) is 5.75 Å². The molecule has 0 saturated carbocycles. The van der Waals surface area contributed by atoms with Crippen molar-refractivity contribution in [1.82, 2.24) is 4.90 Å². The molecule has 29 heavy (non-hydrogen) atoms. The number of benzene rings is 3. The fraction of sp³-hybridized carbons (Fsp3) is 0.240. The zero-order valence-electron chi connectivity index (χ0n) is 16.2. The fourth-order valence-electron chi connectivity index (χ4n) is 4.58. The Labute approximate surface area is 170 Å². The van der Waals surface area contributed by atoms with Crippen LogP contribution in [0.2, 0.25) is 0 Å². The third-order valence-corrected chi connectivity index (χ3v) is 6.09. The molecule has 0 fully saturated rings. The Morgan fingerprint density at radius 2 is 1.52 bits per heavy atom. The predicted octanol–water partition coefficient (Wildman–Crippen LogP) is 4.74. The summed E-state index contributed by atoms with van der Waals surface area (Å²) in [6, 6.07) is 22.2. The number of hydrogen-bond acceptors (Lipinski definition) is 3. The van der Waals surface area contributed by atoms with Gasteiger partial charge in [-0.05, 0) is 58.4 Å². The molecule has 4 heteroatoms. The molecule has 0 aromatic heterocycles. The second-order valence-electron chi connectivity index (χ2n) is 7.74. The monoisotopic (exact) mass is 385 g/mol. The number of amides is 1. The summed E-state index contributed by atoms with van der Waals surface area (Å²) in [6.45, 7) is 1.58. The predicted molar refractivity (Wildman–Crippen MR) is 112 cm³/mol. The summed E-state index contributed by atoms with van der Waals surface area (Å²) >= 11 is 0. The fourth-order valence-corrected chi connectivity index (χ4v) is 4.58. The normalized spacial score (nSPS) is 15.2. The van der Waals surface area contributed by atoms with Crippen molar-refractivity contribution < 1.29 is 14.6 Å². The second kappa shape index (κ2) is 7.28. The zero-order chi connectivity index (χ0) is 19.8. The molecule has 1 N–H and O–H groups in total. The van der Waals surface area contributed by atoms with Crippen molar-refractivity contribution in [3.8, 4) is 16.9 Å². The minimum atomic E-state index is -0.260. The van der Waals surface area contributed by atoms with Crippen molar-refractivity contribution in [3.05, 3.63) is 89.0 Å². The Kier molecular flexibility index (Phi) is 4.47. The van der Waals surface area contributed by atoms with Crippen molar-refractivity contribution in [2.45, 2.75) is 18.8 Å². The molecule has 146 valence electrons. The quantitative estimate of drug-likeness (QED) is 0.693. The number of carbonyl (C=O) groups is 1. The molecule has 2 aliphatic rings. The summed E-state index contributed by atoms with van der Waals surface area (Å²) in [6.07, 6.45) is 1.25. The van der Waals surface area contributed by atoms with Crippen molar-refractivity contribution in [2.24, 2.45) is 0 Å². The summed E-state index contributed by atoms with van der Waals surface area (Å²) in [5, 5.41) is 9.72. The number of phenolic OH excluding ortho intramolecular Hbond substituents is 1. The number of hydrogen-bond donors (Lipinski definition) is 1. The van der Waals surface area contributed by atoms with Gasteiger partial charge in [-0.2, -0.15) is 0 Å². The molecular formula is C25H23NO3. The van der Waals surface area contributed by atoms with Gasteiger partial charge in [0.2, 0.25) is 0 Å². The number of fused-ring (bicyclic) bond motifs is 4. The van der Waals surface area contributed by atoms with Crippen molar-refractivity contribution in [2.75, 3.05) is 19.7 Å². The maximum Gasteiger partial charge on any atom is 0.409 e. The Morgan fingerprint density at radius 1 is 0.897 bits per heavy atom. The molecule has 4 nitrogen and oxygen atoms in total. The standard InChI is InChI=1S/C25H23NO3/c27-19-10-9-17-11-13-26(14-12-18(17)15-19)25(28)29-16-24-22-7-3-1-5-20(22)21-6-2-4-8-23(21)24/h1-10,15,24,27H,11-14,16H2. The Hall–Kier alpha value is -3.27. The number of carbonyl (C=O) groups excluding carboxylic acids is 1. The molecular weight excluding hydrogens is 362 g/mol. The van der Waals surface area contributed by atoms with E-state index in [-0.39, 0.29) is 17.8 Å². The van der Waals surface area contributed by atoms with Crippen LogP contribution in [0.15, 0.2) is 66.7 Å².